The van der Waals surface area contributed by atoms with Crippen molar-refractivity contribution in [3.63, 3.8) is 0 Å². The molecule has 0 N–H and O–H groups in total. The van der Waals surface area contributed by atoms with Crippen LogP contribution in [0.1, 0.15) is 18.4 Å². The minimum atomic E-state index is -4.40. The summed E-state index contributed by atoms with van der Waals surface area (Å²) in [6, 6.07) is 3.09. The highest BCUT2D eigenvalue weighted by atomic mass is 19.4. The Balaban J connectivity index is 3.17. The second kappa shape index (κ2) is 4.08. The number of alkyl halides is 3. The fourth-order valence-corrected chi connectivity index (χ4v) is 1.22. The topological polar surface area (TPSA) is 9.23 Å². The first kappa shape index (κ1) is 11.8. The van der Waals surface area contributed by atoms with Gasteiger partial charge in [0.1, 0.15) is 11.6 Å². The lowest BCUT2D eigenvalue weighted by atomic mass is 9.99. The minimum Gasteiger partial charge on any atom is -0.496 e. The van der Waals surface area contributed by atoms with Gasteiger partial charge in [-0.05, 0) is 25.1 Å². The molecule has 0 aliphatic carbocycles. The molecule has 84 valence electrons. The largest absolute Gasteiger partial charge is 0.496 e. The summed E-state index contributed by atoms with van der Waals surface area (Å²) in [6.45, 7) is 0.970. The van der Waals surface area contributed by atoms with Gasteiger partial charge in [0.15, 0.2) is 0 Å². The lowest BCUT2D eigenvalue weighted by Gasteiger charge is -2.18. The van der Waals surface area contributed by atoms with Gasteiger partial charge in [0, 0.05) is 5.56 Å². The molecule has 0 bridgehead atoms. The number of methoxy groups -OCH3 is 1. The summed E-state index contributed by atoms with van der Waals surface area (Å²) in [5, 5.41) is 0. The van der Waals surface area contributed by atoms with Crippen LogP contribution >= 0.6 is 0 Å². The van der Waals surface area contributed by atoms with Crippen LogP contribution in [0.2, 0.25) is 0 Å². The van der Waals surface area contributed by atoms with Crippen molar-refractivity contribution in [2.75, 3.05) is 7.11 Å². The van der Waals surface area contributed by atoms with Crippen LogP contribution < -0.4 is 4.74 Å². The third-order valence-corrected chi connectivity index (χ3v) is 2.15. The molecule has 1 rings (SSSR count). The van der Waals surface area contributed by atoms with Crippen molar-refractivity contribution in [3.8, 4) is 5.75 Å². The Morgan fingerprint density at radius 1 is 1.27 bits per heavy atom. The molecule has 1 nitrogen and oxygen atoms in total. The molecule has 0 heterocycles. The van der Waals surface area contributed by atoms with Crippen LogP contribution in [0.3, 0.4) is 0 Å². The molecule has 0 fully saturated rings. The molecular formula is C10H10F4O. The average Bonchev–Trinajstić information content (AvgIpc) is 2.15. The smallest absolute Gasteiger partial charge is 0.395 e. The lowest BCUT2D eigenvalue weighted by Crippen LogP contribution is -2.18. The lowest BCUT2D eigenvalue weighted by molar-refractivity contribution is -0.146. The monoisotopic (exact) mass is 222 g/mol. The van der Waals surface area contributed by atoms with Gasteiger partial charge in [-0.15, -0.1) is 0 Å². The Bertz CT molecular complexity index is 346. The van der Waals surface area contributed by atoms with Crippen LogP contribution in [0.25, 0.3) is 0 Å². The Hall–Kier alpha value is -1.26. The van der Waals surface area contributed by atoms with Crippen LogP contribution in [-0.4, -0.2) is 13.3 Å². The van der Waals surface area contributed by atoms with Crippen molar-refractivity contribution in [3.05, 3.63) is 29.6 Å². The van der Waals surface area contributed by atoms with Crippen molar-refractivity contribution in [2.45, 2.75) is 19.0 Å². The van der Waals surface area contributed by atoms with E-state index in [4.69, 9.17) is 4.74 Å². The van der Waals surface area contributed by atoms with Gasteiger partial charge in [0.2, 0.25) is 0 Å². The van der Waals surface area contributed by atoms with Crippen molar-refractivity contribution in [2.24, 2.45) is 0 Å². The zero-order chi connectivity index (χ0) is 11.6. The van der Waals surface area contributed by atoms with E-state index in [-0.39, 0.29) is 11.3 Å². The molecule has 5 heteroatoms. The van der Waals surface area contributed by atoms with Crippen LogP contribution in [0, 0.1) is 5.82 Å². The van der Waals surface area contributed by atoms with Gasteiger partial charge in [-0.25, -0.2) is 4.39 Å². The molecule has 1 aromatic carbocycles. The van der Waals surface area contributed by atoms with E-state index in [0.29, 0.717) is 0 Å². The summed E-state index contributed by atoms with van der Waals surface area (Å²) in [5.41, 5.74) is -0.190. The van der Waals surface area contributed by atoms with Crippen LogP contribution in [-0.2, 0) is 0 Å². The molecule has 0 aliphatic rings. The molecule has 1 aromatic rings. The molecule has 0 spiro atoms. The molecule has 0 saturated carbocycles. The number of hydrogen-bond donors (Lipinski definition) is 0. The maximum absolute atomic E-state index is 12.8. The van der Waals surface area contributed by atoms with E-state index in [1.807, 2.05) is 0 Å². The summed E-state index contributed by atoms with van der Waals surface area (Å²) in [4.78, 5) is 0. The number of hydrogen-bond acceptors (Lipinski definition) is 1. The predicted molar refractivity (Wildman–Crippen MR) is 47.4 cm³/mol. The first-order chi connectivity index (χ1) is 6.86. The number of ether oxygens (including phenoxy) is 1. The standard InChI is InChI=1S/C10H10F4O/c1-6(10(12,13)14)8-5-7(11)3-4-9(8)15-2/h3-6H,1-2H3. The molecule has 15 heavy (non-hydrogen) atoms. The fraction of sp³-hybridized carbons (Fsp3) is 0.400. The number of rotatable bonds is 2. The van der Waals surface area contributed by atoms with Gasteiger partial charge in [-0.1, -0.05) is 0 Å². The minimum absolute atomic E-state index is 0.0428. The van der Waals surface area contributed by atoms with Crippen molar-refractivity contribution in [1.82, 2.24) is 0 Å². The van der Waals surface area contributed by atoms with Crippen molar-refractivity contribution >= 4 is 0 Å². The molecule has 0 radical (unpaired) electrons. The summed E-state index contributed by atoms with van der Waals surface area (Å²) in [7, 11) is 1.25. The number of benzene rings is 1. The van der Waals surface area contributed by atoms with Crippen LogP contribution in [0.15, 0.2) is 18.2 Å². The van der Waals surface area contributed by atoms with Crippen LogP contribution in [0.5, 0.6) is 5.75 Å². The summed E-state index contributed by atoms with van der Waals surface area (Å²) < 4.78 is 54.8. The first-order valence-electron chi connectivity index (χ1n) is 4.26. The third-order valence-electron chi connectivity index (χ3n) is 2.15. The van der Waals surface area contributed by atoms with E-state index in [1.165, 1.54) is 13.2 Å². The van der Waals surface area contributed by atoms with Crippen molar-refractivity contribution in [1.29, 1.82) is 0 Å². The highest BCUT2D eigenvalue weighted by molar-refractivity contribution is 5.37. The second-order valence-electron chi connectivity index (χ2n) is 3.15. The molecule has 1 unspecified atom stereocenters. The van der Waals surface area contributed by atoms with Gasteiger partial charge >= 0.3 is 6.18 Å². The summed E-state index contributed by atoms with van der Waals surface area (Å²) in [5.74, 6) is -2.41. The highest BCUT2D eigenvalue weighted by Crippen LogP contribution is 2.38. The van der Waals surface area contributed by atoms with E-state index in [1.54, 1.807) is 0 Å². The normalized spacial score (nSPS) is 13.7. The Morgan fingerprint density at radius 3 is 2.33 bits per heavy atom. The van der Waals surface area contributed by atoms with E-state index >= 15 is 0 Å². The maximum atomic E-state index is 12.8. The van der Waals surface area contributed by atoms with E-state index in [2.05, 4.69) is 0 Å². The predicted octanol–water partition coefficient (Wildman–Crippen LogP) is 3.50. The van der Waals surface area contributed by atoms with E-state index < -0.39 is 17.9 Å². The quantitative estimate of drug-likeness (QED) is 0.696. The second-order valence-corrected chi connectivity index (χ2v) is 3.15. The highest BCUT2D eigenvalue weighted by Gasteiger charge is 2.38. The Kier molecular flexibility index (Phi) is 3.21. The summed E-state index contributed by atoms with van der Waals surface area (Å²) >= 11 is 0. The molecule has 0 aliphatic heterocycles. The zero-order valence-electron chi connectivity index (χ0n) is 8.23. The summed E-state index contributed by atoms with van der Waals surface area (Å²) in [6.07, 6.45) is -4.40. The van der Waals surface area contributed by atoms with E-state index in [0.717, 1.165) is 19.1 Å². The van der Waals surface area contributed by atoms with Gasteiger partial charge in [0.05, 0.1) is 13.0 Å². The fourth-order valence-electron chi connectivity index (χ4n) is 1.22. The zero-order valence-corrected chi connectivity index (χ0v) is 8.23. The van der Waals surface area contributed by atoms with Gasteiger partial charge in [-0.2, -0.15) is 13.2 Å². The third kappa shape index (κ3) is 2.61. The number of halogens is 4. The molecule has 0 saturated heterocycles. The molecule has 0 aromatic heterocycles. The van der Waals surface area contributed by atoms with E-state index in [9.17, 15) is 17.6 Å². The molecule has 0 amide bonds. The van der Waals surface area contributed by atoms with Crippen molar-refractivity contribution < 1.29 is 22.3 Å². The van der Waals surface area contributed by atoms with Crippen LogP contribution in [0.4, 0.5) is 17.6 Å². The Labute approximate surface area is 84.7 Å². The van der Waals surface area contributed by atoms with Gasteiger partial charge < -0.3 is 4.74 Å². The van der Waals surface area contributed by atoms with Gasteiger partial charge in [0.25, 0.3) is 0 Å². The average molecular weight is 222 g/mol. The SMILES string of the molecule is COc1ccc(F)cc1C(C)C(F)(F)F. The maximum Gasteiger partial charge on any atom is 0.395 e. The molecule has 1 atom stereocenters. The van der Waals surface area contributed by atoms with Gasteiger partial charge in [-0.3, -0.25) is 0 Å². The first-order valence-corrected chi connectivity index (χ1v) is 4.26. The molecular weight excluding hydrogens is 212 g/mol. The Morgan fingerprint density at radius 2 is 1.87 bits per heavy atom.